The lowest BCUT2D eigenvalue weighted by atomic mass is 10.1. The van der Waals surface area contributed by atoms with Crippen molar-refractivity contribution < 1.29 is 9.59 Å². The van der Waals surface area contributed by atoms with E-state index in [1.165, 1.54) is 11.8 Å². The van der Waals surface area contributed by atoms with Gasteiger partial charge in [-0.2, -0.15) is 0 Å². The van der Waals surface area contributed by atoms with Crippen molar-refractivity contribution in [2.75, 3.05) is 19.3 Å². The van der Waals surface area contributed by atoms with Crippen LogP contribution in [0.5, 0.6) is 0 Å². The Morgan fingerprint density at radius 2 is 1.63 bits per heavy atom. The van der Waals surface area contributed by atoms with E-state index in [0.717, 1.165) is 38.8 Å². The summed E-state index contributed by atoms with van der Waals surface area (Å²) in [6.45, 7) is 5.25. The summed E-state index contributed by atoms with van der Waals surface area (Å²) in [6, 6.07) is 0. The maximum Gasteiger partial charge on any atom is 0.244 e. The molecule has 0 aromatic carbocycles. The van der Waals surface area contributed by atoms with Crippen LogP contribution in [-0.2, 0) is 9.59 Å². The highest BCUT2D eigenvalue weighted by molar-refractivity contribution is 8.01. The van der Waals surface area contributed by atoms with Gasteiger partial charge in [-0.3, -0.25) is 9.59 Å². The van der Waals surface area contributed by atoms with Crippen LogP contribution in [0.15, 0.2) is 11.5 Å². The lowest BCUT2D eigenvalue weighted by Crippen LogP contribution is -2.28. The van der Waals surface area contributed by atoms with Crippen LogP contribution in [0.2, 0.25) is 0 Å². The van der Waals surface area contributed by atoms with Gasteiger partial charge >= 0.3 is 0 Å². The van der Waals surface area contributed by atoms with Gasteiger partial charge < -0.3 is 10.6 Å². The molecule has 5 heteroatoms. The topological polar surface area (TPSA) is 58.2 Å². The highest BCUT2D eigenvalue weighted by Gasteiger charge is 2.04. The van der Waals surface area contributed by atoms with Gasteiger partial charge in [0, 0.05) is 25.1 Å². The molecule has 19 heavy (non-hydrogen) atoms. The van der Waals surface area contributed by atoms with Gasteiger partial charge in [0.25, 0.3) is 0 Å². The Kier molecular flexibility index (Phi) is 11.5. The van der Waals surface area contributed by atoms with E-state index in [-0.39, 0.29) is 17.7 Å². The Balaban J connectivity index is 3.30. The molecule has 0 aliphatic carbocycles. The molecule has 0 aliphatic heterocycles. The van der Waals surface area contributed by atoms with Crippen molar-refractivity contribution in [3.8, 4) is 0 Å². The first-order valence-corrected chi connectivity index (χ1v) is 8.11. The number of thioether (sulfide) groups is 1. The van der Waals surface area contributed by atoms with Crippen molar-refractivity contribution in [2.24, 2.45) is 5.92 Å². The van der Waals surface area contributed by atoms with E-state index < -0.39 is 0 Å². The Hall–Kier alpha value is -0.970. The fraction of sp³-hybridized carbons (Fsp3) is 0.714. The van der Waals surface area contributed by atoms with Crippen LogP contribution in [0.25, 0.3) is 0 Å². The number of hydrogen-bond donors (Lipinski definition) is 2. The van der Waals surface area contributed by atoms with Crippen molar-refractivity contribution in [2.45, 2.75) is 39.5 Å². The van der Waals surface area contributed by atoms with Crippen molar-refractivity contribution in [3.63, 3.8) is 0 Å². The molecule has 0 fully saturated rings. The summed E-state index contributed by atoms with van der Waals surface area (Å²) in [5.41, 5.74) is 0. The Morgan fingerprint density at radius 1 is 1.05 bits per heavy atom. The summed E-state index contributed by atoms with van der Waals surface area (Å²) in [4.78, 5) is 22.5. The fourth-order valence-electron chi connectivity index (χ4n) is 1.42. The molecule has 0 spiro atoms. The summed E-state index contributed by atoms with van der Waals surface area (Å²) in [7, 11) is 0. The first-order valence-electron chi connectivity index (χ1n) is 6.82. The van der Waals surface area contributed by atoms with Gasteiger partial charge in [0.05, 0.1) is 0 Å². The standard InChI is InChI=1S/C14H26N2O2S/c1-12(2)14(18)16-10-7-5-4-6-9-15-13(17)8-11-19-3/h8,11-12H,4-7,9-10H2,1-3H3,(H,15,17)(H,16,18)/b11-8+. The van der Waals surface area contributed by atoms with Crippen LogP contribution < -0.4 is 10.6 Å². The van der Waals surface area contributed by atoms with Gasteiger partial charge in [0.1, 0.15) is 0 Å². The maximum absolute atomic E-state index is 11.3. The minimum atomic E-state index is -0.0291. The zero-order valence-electron chi connectivity index (χ0n) is 12.2. The number of hydrogen-bond acceptors (Lipinski definition) is 3. The molecule has 0 bridgehead atoms. The first kappa shape index (κ1) is 18.0. The monoisotopic (exact) mass is 286 g/mol. The highest BCUT2D eigenvalue weighted by Crippen LogP contribution is 1.99. The zero-order chi connectivity index (χ0) is 14.5. The third kappa shape index (κ3) is 11.8. The van der Waals surface area contributed by atoms with Gasteiger partial charge in [-0.1, -0.05) is 26.7 Å². The molecule has 0 aromatic heterocycles. The summed E-state index contributed by atoms with van der Waals surface area (Å²) in [5, 5.41) is 7.50. The van der Waals surface area contributed by atoms with Gasteiger partial charge in [0.15, 0.2) is 0 Å². The van der Waals surface area contributed by atoms with Gasteiger partial charge in [-0.15, -0.1) is 11.8 Å². The van der Waals surface area contributed by atoms with Crippen LogP contribution in [0, 0.1) is 5.92 Å². The second kappa shape index (κ2) is 12.1. The van der Waals surface area contributed by atoms with Crippen LogP contribution in [-0.4, -0.2) is 31.2 Å². The van der Waals surface area contributed by atoms with E-state index >= 15 is 0 Å². The van der Waals surface area contributed by atoms with Crippen LogP contribution in [0.3, 0.4) is 0 Å². The van der Waals surface area contributed by atoms with Crippen molar-refractivity contribution in [1.29, 1.82) is 0 Å². The number of rotatable bonds is 10. The van der Waals surface area contributed by atoms with E-state index in [2.05, 4.69) is 10.6 Å². The quantitative estimate of drug-likeness (QED) is 0.478. The molecule has 0 saturated carbocycles. The lowest BCUT2D eigenvalue weighted by molar-refractivity contribution is -0.124. The van der Waals surface area contributed by atoms with Crippen LogP contribution in [0.1, 0.15) is 39.5 Å². The van der Waals surface area contributed by atoms with Gasteiger partial charge in [0.2, 0.25) is 11.8 Å². The molecule has 0 radical (unpaired) electrons. The second-order valence-corrected chi connectivity index (χ2v) is 5.43. The second-order valence-electron chi connectivity index (χ2n) is 4.69. The van der Waals surface area contributed by atoms with Crippen molar-refractivity contribution >= 4 is 23.6 Å². The molecular formula is C14H26N2O2S. The third-order valence-electron chi connectivity index (χ3n) is 2.58. The molecule has 0 rings (SSSR count). The van der Waals surface area contributed by atoms with E-state index in [4.69, 9.17) is 0 Å². The smallest absolute Gasteiger partial charge is 0.244 e. The average molecular weight is 286 g/mol. The summed E-state index contributed by atoms with van der Waals surface area (Å²) in [5.74, 6) is 0.149. The normalized spacial score (nSPS) is 10.9. The predicted molar refractivity (Wildman–Crippen MR) is 82.0 cm³/mol. The van der Waals surface area contributed by atoms with E-state index in [1.54, 1.807) is 11.5 Å². The van der Waals surface area contributed by atoms with Gasteiger partial charge in [-0.05, 0) is 24.5 Å². The van der Waals surface area contributed by atoms with E-state index in [1.807, 2.05) is 20.1 Å². The molecule has 4 nitrogen and oxygen atoms in total. The minimum Gasteiger partial charge on any atom is -0.356 e. The minimum absolute atomic E-state index is 0.0291. The molecule has 110 valence electrons. The molecule has 0 heterocycles. The number of unbranched alkanes of at least 4 members (excludes halogenated alkanes) is 3. The predicted octanol–water partition coefficient (Wildman–Crippen LogP) is 2.31. The Labute approximate surface area is 120 Å². The zero-order valence-corrected chi connectivity index (χ0v) is 13.0. The maximum atomic E-state index is 11.3. The van der Waals surface area contributed by atoms with Crippen LogP contribution in [0.4, 0.5) is 0 Å². The molecule has 0 atom stereocenters. The fourth-order valence-corrected chi connectivity index (χ4v) is 1.68. The molecular weight excluding hydrogens is 260 g/mol. The highest BCUT2D eigenvalue weighted by atomic mass is 32.2. The number of nitrogens with one attached hydrogen (secondary N) is 2. The number of carbonyl (C=O) groups is 2. The number of carbonyl (C=O) groups excluding carboxylic acids is 2. The Bertz CT molecular complexity index is 291. The van der Waals surface area contributed by atoms with Crippen molar-refractivity contribution in [3.05, 3.63) is 11.5 Å². The molecule has 0 aliphatic rings. The SMILES string of the molecule is CS/C=C/C(=O)NCCCCCCNC(=O)C(C)C. The average Bonchev–Trinajstić information content (AvgIpc) is 2.38. The largest absolute Gasteiger partial charge is 0.356 e. The summed E-state index contributed by atoms with van der Waals surface area (Å²) >= 11 is 1.51. The van der Waals surface area contributed by atoms with E-state index in [0.29, 0.717) is 0 Å². The van der Waals surface area contributed by atoms with Crippen molar-refractivity contribution in [1.82, 2.24) is 10.6 Å². The first-order chi connectivity index (χ1) is 9.07. The van der Waals surface area contributed by atoms with E-state index in [9.17, 15) is 9.59 Å². The molecule has 0 aromatic rings. The van der Waals surface area contributed by atoms with Gasteiger partial charge in [-0.25, -0.2) is 0 Å². The Morgan fingerprint density at radius 3 is 2.16 bits per heavy atom. The summed E-state index contributed by atoms with van der Waals surface area (Å²) < 4.78 is 0. The molecule has 0 saturated heterocycles. The number of amides is 2. The third-order valence-corrected chi connectivity index (χ3v) is 2.99. The van der Waals surface area contributed by atoms with Crippen LogP contribution >= 0.6 is 11.8 Å². The lowest BCUT2D eigenvalue weighted by Gasteiger charge is -2.07. The summed E-state index contributed by atoms with van der Waals surface area (Å²) in [6.07, 6.45) is 7.60. The molecule has 0 unspecified atom stereocenters. The molecule has 2 amide bonds. The molecule has 2 N–H and O–H groups in total.